The van der Waals surface area contributed by atoms with Crippen LogP contribution in [0.25, 0.3) is 0 Å². The van der Waals surface area contributed by atoms with Crippen LogP contribution in [0.5, 0.6) is 17.2 Å². The van der Waals surface area contributed by atoms with Crippen molar-refractivity contribution in [1.82, 2.24) is 5.43 Å². The zero-order chi connectivity index (χ0) is 23.1. The summed E-state index contributed by atoms with van der Waals surface area (Å²) in [6.45, 7) is 0.232. The van der Waals surface area contributed by atoms with E-state index in [-0.39, 0.29) is 12.5 Å². The summed E-state index contributed by atoms with van der Waals surface area (Å²) in [4.78, 5) is 12.2. The number of methoxy groups -OCH3 is 2. The number of halogens is 3. The third-order valence-corrected chi connectivity index (χ3v) is 5.55. The average Bonchev–Trinajstić information content (AvgIpc) is 2.79. The molecule has 6 nitrogen and oxygen atoms in total. The smallest absolute Gasteiger partial charge is 0.271 e. The number of amides is 1. The van der Waals surface area contributed by atoms with Gasteiger partial charge in [-0.25, -0.2) is 5.43 Å². The first kappa shape index (κ1) is 23.9. The second kappa shape index (κ2) is 11.2. The topological polar surface area (TPSA) is 69.2 Å². The van der Waals surface area contributed by atoms with Gasteiger partial charge in [-0.2, -0.15) is 5.10 Å². The van der Waals surface area contributed by atoms with E-state index < -0.39 is 0 Å². The molecule has 0 atom stereocenters. The second-order valence-corrected chi connectivity index (χ2v) is 8.18. The molecular formula is C23H19BrCl2N2O4. The third kappa shape index (κ3) is 6.16. The van der Waals surface area contributed by atoms with Crippen LogP contribution in [-0.4, -0.2) is 26.3 Å². The highest BCUT2D eigenvalue weighted by atomic mass is 79.9. The van der Waals surface area contributed by atoms with Crippen LogP contribution in [0.2, 0.25) is 10.0 Å². The van der Waals surface area contributed by atoms with E-state index in [0.717, 1.165) is 5.56 Å². The lowest BCUT2D eigenvalue weighted by Crippen LogP contribution is -2.17. The van der Waals surface area contributed by atoms with Gasteiger partial charge in [-0.3, -0.25) is 4.79 Å². The van der Waals surface area contributed by atoms with E-state index in [4.69, 9.17) is 37.4 Å². The van der Waals surface area contributed by atoms with Crippen molar-refractivity contribution >= 4 is 51.3 Å². The Balaban J connectivity index is 1.68. The fourth-order valence-electron chi connectivity index (χ4n) is 2.72. The summed E-state index contributed by atoms with van der Waals surface area (Å²) in [5.74, 6) is 1.34. The third-order valence-electron chi connectivity index (χ3n) is 4.37. The maximum Gasteiger partial charge on any atom is 0.271 e. The molecule has 32 heavy (non-hydrogen) atoms. The van der Waals surface area contributed by atoms with Gasteiger partial charge in [0.2, 0.25) is 0 Å². The lowest BCUT2D eigenvalue weighted by atomic mass is 10.2. The molecule has 0 heterocycles. The van der Waals surface area contributed by atoms with Gasteiger partial charge in [-0.1, -0.05) is 29.3 Å². The monoisotopic (exact) mass is 536 g/mol. The van der Waals surface area contributed by atoms with Crippen LogP contribution in [-0.2, 0) is 6.61 Å². The van der Waals surface area contributed by atoms with Crippen molar-refractivity contribution in [3.63, 3.8) is 0 Å². The molecule has 3 aromatic carbocycles. The maximum absolute atomic E-state index is 12.2. The summed E-state index contributed by atoms with van der Waals surface area (Å²) in [5.41, 5.74) is 4.44. The lowest BCUT2D eigenvalue weighted by molar-refractivity contribution is 0.0955. The van der Waals surface area contributed by atoms with Crippen molar-refractivity contribution in [2.75, 3.05) is 14.2 Å². The number of rotatable bonds is 8. The molecule has 0 aliphatic rings. The van der Waals surface area contributed by atoms with Crippen LogP contribution in [0.15, 0.2) is 64.2 Å². The number of carbonyl (C=O) groups excluding carboxylic acids is 1. The molecule has 0 aromatic heterocycles. The molecule has 3 aromatic rings. The Labute approximate surface area is 204 Å². The van der Waals surface area contributed by atoms with E-state index in [1.165, 1.54) is 13.3 Å². The largest absolute Gasteiger partial charge is 0.497 e. The van der Waals surface area contributed by atoms with Crippen molar-refractivity contribution < 1.29 is 19.0 Å². The number of carbonyl (C=O) groups is 1. The molecule has 1 N–H and O–H groups in total. The van der Waals surface area contributed by atoms with Gasteiger partial charge in [0.05, 0.1) is 24.9 Å². The Kier molecular flexibility index (Phi) is 8.39. The maximum atomic E-state index is 12.2. The normalized spacial score (nSPS) is 10.8. The van der Waals surface area contributed by atoms with Crippen molar-refractivity contribution in [3.8, 4) is 17.2 Å². The predicted octanol–water partition coefficient (Wildman–Crippen LogP) is 6.12. The number of nitrogens with zero attached hydrogens (tertiary/aromatic N) is 1. The highest BCUT2D eigenvalue weighted by Crippen LogP contribution is 2.37. The highest BCUT2D eigenvalue weighted by molar-refractivity contribution is 9.10. The molecule has 0 spiro atoms. The Morgan fingerprint density at radius 2 is 1.81 bits per heavy atom. The molecule has 166 valence electrons. The van der Waals surface area contributed by atoms with Gasteiger partial charge in [0, 0.05) is 21.2 Å². The second-order valence-electron chi connectivity index (χ2n) is 6.49. The van der Waals surface area contributed by atoms with E-state index in [1.54, 1.807) is 61.7 Å². The molecular weight excluding hydrogens is 519 g/mol. The highest BCUT2D eigenvalue weighted by Gasteiger charge is 2.13. The van der Waals surface area contributed by atoms with Crippen LogP contribution < -0.4 is 19.6 Å². The van der Waals surface area contributed by atoms with E-state index in [2.05, 4.69) is 26.5 Å². The number of hydrazone groups is 1. The zero-order valence-electron chi connectivity index (χ0n) is 17.2. The summed E-state index contributed by atoms with van der Waals surface area (Å²) in [5, 5.41) is 5.09. The van der Waals surface area contributed by atoms with Crippen molar-refractivity contribution in [1.29, 1.82) is 0 Å². The molecule has 0 aliphatic carbocycles. The Morgan fingerprint density at radius 1 is 1.06 bits per heavy atom. The first-order valence-electron chi connectivity index (χ1n) is 9.33. The van der Waals surface area contributed by atoms with E-state index in [1.807, 2.05) is 0 Å². The molecule has 0 unspecified atom stereocenters. The minimum atomic E-state index is -0.338. The number of hydrogen-bond acceptors (Lipinski definition) is 5. The molecule has 0 saturated carbocycles. The quantitative estimate of drug-likeness (QED) is 0.278. The fraction of sp³-hybridized carbons (Fsp3) is 0.130. The van der Waals surface area contributed by atoms with Crippen molar-refractivity contribution in [3.05, 3.63) is 85.8 Å². The van der Waals surface area contributed by atoms with E-state index in [0.29, 0.717) is 42.9 Å². The predicted molar refractivity (Wildman–Crippen MR) is 130 cm³/mol. The van der Waals surface area contributed by atoms with Gasteiger partial charge in [0.1, 0.15) is 12.4 Å². The van der Waals surface area contributed by atoms with Crippen LogP contribution in [0.1, 0.15) is 21.5 Å². The molecule has 0 saturated heterocycles. The lowest BCUT2D eigenvalue weighted by Gasteiger charge is -2.14. The number of nitrogens with one attached hydrogen (secondary N) is 1. The molecule has 3 rings (SSSR count). The number of hydrogen-bond donors (Lipinski definition) is 1. The number of benzene rings is 3. The first-order chi connectivity index (χ1) is 15.4. The van der Waals surface area contributed by atoms with E-state index >= 15 is 0 Å². The summed E-state index contributed by atoms with van der Waals surface area (Å²) in [7, 11) is 3.10. The van der Waals surface area contributed by atoms with Crippen molar-refractivity contribution in [2.45, 2.75) is 6.61 Å². The fourth-order valence-corrected chi connectivity index (χ4v) is 3.75. The van der Waals surface area contributed by atoms with Gasteiger partial charge in [0.15, 0.2) is 11.5 Å². The molecule has 0 bridgehead atoms. The average molecular weight is 538 g/mol. The van der Waals surface area contributed by atoms with Crippen LogP contribution in [0.4, 0.5) is 0 Å². The van der Waals surface area contributed by atoms with E-state index in [9.17, 15) is 4.79 Å². The Morgan fingerprint density at radius 3 is 2.47 bits per heavy atom. The standard InChI is InChI=1S/C23H19BrCl2N2O4/c1-30-18-7-4-15(5-8-18)23(29)28-27-12-14-9-19(24)22(21(10-14)31-2)32-13-16-3-6-17(25)11-20(16)26/h3-12H,13H2,1-2H3,(H,28,29)/b27-12-. The van der Waals surface area contributed by atoms with Gasteiger partial charge in [0.25, 0.3) is 5.91 Å². The SMILES string of the molecule is COc1ccc(C(=O)N/N=C\c2cc(Br)c(OCc3ccc(Cl)cc3Cl)c(OC)c2)cc1. The van der Waals surface area contributed by atoms with Crippen LogP contribution >= 0.6 is 39.1 Å². The van der Waals surface area contributed by atoms with Gasteiger partial charge in [-0.15, -0.1) is 0 Å². The molecule has 0 aliphatic heterocycles. The molecule has 0 radical (unpaired) electrons. The van der Waals surface area contributed by atoms with Crippen molar-refractivity contribution in [2.24, 2.45) is 5.10 Å². The summed E-state index contributed by atoms with van der Waals surface area (Å²) < 4.78 is 17.1. The Bertz CT molecular complexity index is 1140. The number of ether oxygens (including phenoxy) is 3. The van der Waals surface area contributed by atoms with Gasteiger partial charge < -0.3 is 14.2 Å². The summed E-state index contributed by atoms with van der Waals surface area (Å²) >= 11 is 15.6. The van der Waals surface area contributed by atoms with Crippen LogP contribution in [0, 0.1) is 0 Å². The minimum Gasteiger partial charge on any atom is -0.497 e. The Hall–Kier alpha value is -2.74. The first-order valence-corrected chi connectivity index (χ1v) is 10.9. The molecule has 1 amide bonds. The summed E-state index contributed by atoms with van der Waals surface area (Å²) in [6.07, 6.45) is 1.51. The van der Waals surface area contributed by atoms with Gasteiger partial charge in [-0.05, 0) is 70.0 Å². The van der Waals surface area contributed by atoms with Gasteiger partial charge >= 0.3 is 0 Å². The van der Waals surface area contributed by atoms with Crippen LogP contribution in [0.3, 0.4) is 0 Å². The minimum absolute atomic E-state index is 0.232. The molecule has 9 heteroatoms. The molecule has 0 fully saturated rings. The summed E-state index contributed by atoms with van der Waals surface area (Å²) in [6, 6.07) is 15.5. The zero-order valence-corrected chi connectivity index (χ0v) is 20.3.